The molecule has 1 aliphatic heterocycles. The fourth-order valence-corrected chi connectivity index (χ4v) is 4.80. The van der Waals surface area contributed by atoms with Crippen molar-refractivity contribution < 1.29 is 4.74 Å². The highest BCUT2D eigenvalue weighted by Gasteiger charge is 2.39. The van der Waals surface area contributed by atoms with Crippen LogP contribution in [0.3, 0.4) is 0 Å². The standard InChI is InChI=1S/C19H38N4OS/c1-3-20-18(21-11-7-8-14-24-4-2)22-17-19(9-5-6-10-19)23-12-15-25-16-13-23/h3-17H2,1-2H3,(H2,20,21,22). The van der Waals surface area contributed by atoms with Crippen LogP contribution in [0.2, 0.25) is 0 Å². The predicted octanol–water partition coefficient (Wildman–Crippen LogP) is 2.72. The number of unbranched alkanes of at least 4 members (excludes halogenated alkanes) is 1. The van der Waals surface area contributed by atoms with Crippen molar-refractivity contribution in [3.8, 4) is 0 Å². The third-order valence-electron chi connectivity index (χ3n) is 5.30. The molecule has 0 unspecified atom stereocenters. The molecule has 0 atom stereocenters. The Bertz CT molecular complexity index is 380. The summed E-state index contributed by atoms with van der Waals surface area (Å²) in [5.74, 6) is 3.55. The van der Waals surface area contributed by atoms with Crippen molar-refractivity contribution in [3.63, 3.8) is 0 Å². The van der Waals surface area contributed by atoms with Crippen LogP contribution in [0.15, 0.2) is 4.99 Å². The first-order valence-electron chi connectivity index (χ1n) is 10.2. The van der Waals surface area contributed by atoms with Crippen LogP contribution in [0, 0.1) is 0 Å². The maximum atomic E-state index is 5.40. The molecule has 2 rings (SSSR count). The van der Waals surface area contributed by atoms with E-state index in [-0.39, 0.29) is 0 Å². The Kier molecular flexibility index (Phi) is 10.0. The zero-order valence-corrected chi connectivity index (χ0v) is 17.1. The Labute approximate surface area is 158 Å². The average molecular weight is 371 g/mol. The Morgan fingerprint density at radius 2 is 1.88 bits per heavy atom. The molecule has 1 saturated heterocycles. The molecule has 146 valence electrons. The lowest BCUT2D eigenvalue weighted by Gasteiger charge is -2.42. The van der Waals surface area contributed by atoms with E-state index in [0.29, 0.717) is 5.54 Å². The molecular formula is C19H38N4OS. The smallest absolute Gasteiger partial charge is 0.191 e. The van der Waals surface area contributed by atoms with E-state index in [1.165, 1.54) is 50.3 Å². The lowest BCUT2D eigenvalue weighted by atomic mass is 9.95. The molecule has 2 N–H and O–H groups in total. The van der Waals surface area contributed by atoms with E-state index in [2.05, 4.69) is 34.2 Å². The third kappa shape index (κ3) is 6.99. The quantitative estimate of drug-likeness (QED) is 0.352. The van der Waals surface area contributed by atoms with Gasteiger partial charge < -0.3 is 15.4 Å². The van der Waals surface area contributed by atoms with Crippen molar-refractivity contribution in [3.05, 3.63) is 0 Å². The van der Waals surface area contributed by atoms with Gasteiger partial charge in [-0.25, -0.2) is 0 Å². The summed E-state index contributed by atoms with van der Waals surface area (Å²) in [6.07, 6.45) is 7.58. The minimum absolute atomic E-state index is 0.318. The molecule has 0 amide bonds. The average Bonchev–Trinajstić information content (AvgIpc) is 3.13. The van der Waals surface area contributed by atoms with Gasteiger partial charge in [0.2, 0.25) is 0 Å². The van der Waals surface area contributed by atoms with Gasteiger partial charge >= 0.3 is 0 Å². The summed E-state index contributed by atoms with van der Waals surface area (Å²) in [6, 6.07) is 0. The number of hydrogen-bond donors (Lipinski definition) is 2. The highest BCUT2D eigenvalue weighted by Crippen LogP contribution is 2.37. The number of nitrogens with zero attached hydrogens (tertiary/aromatic N) is 2. The molecule has 0 aromatic heterocycles. The molecule has 6 heteroatoms. The monoisotopic (exact) mass is 370 g/mol. The number of guanidine groups is 1. The van der Waals surface area contributed by atoms with Crippen LogP contribution in [0.25, 0.3) is 0 Å². The van der Waals surface area contributed by atoms with E-state index in [0.717, 1.165) is 51.6 Å². The lowest BCUT2D eigenvalue weighted by Crippen LogP contribution is -2.53. The normalized spacial score (nSPS) is 21.4. The second-order valence-electron chi connectivity index (χ2n) is 7.06. The molecule has 5 nitrogen and oxygen atoms in total. The molecule has 0 aromatic carbocycles. The maximum absolute atomic E-state index is 5.40. The Morgan fingerprint density at radius 3 is 2.56 bits per heavy atom. The summed E-state index contributed by atoms with van der Waals surface area (Å²) < 4.78 is 5.40. The van der Waals surface area contributed by atoms with Gasteiger partial charge in [0.1, 0.15) is 0 Å². The topological polar surface area (TPSA) is 48.9 Å². The molecule has 1 aliphatic carbocycles. The highest BCUT2D eigenvalue weighted by atomic mass is 32.2. The van der Waals surface area contributed by atoms with E-state index in [4.69, 9.17) is 9.73 Å². The SMILES string of the molecule is CCNC(=NCC1(N2CCSCC2)CCCC1)NCCCCOCC. The molecule has 0 aromatic rings. The molecule has 25 heavy (non-hydrogen) atoms. The van der Waals surface area contributed by atoms with Gasteiger partial charge in [0.05, 0.1) is 6.54 Å². The second kappa shape index (κ2) is 12.0. The maximum Gasteiger partial charge on any atom is 0.191 e. The van der Waals surface area contributed by atoms with Crippen LogP contribution in [-0.4, -0.2) is 73.8 Å². The molecule has 2 fully saturated rings. The Hall–Kier alpha value is -0.460. The fraction of sp³-hybridized carbons (Fsp3) is 0.947. The number of thioether (sulfide) groups is 1. The van der Waals surface area contributed by atoms with Gasteiger partial charge in [-0.05, 0) is 39.5 Å². The van der Waals surface area contributed by atoms with Crippen molar-refractivity contribution in [2.45, 2.75) is 57.9 Å². The van der Waals surface area contributed by atoms with Crippen LogP contribution in [0.5, 0.6) is 0 Å². The molecule has 0 radical (unpaired) electrons. The van der Waals surface area contributed by atoms with E-state index in [1.807, 2.05) is 6.92 Å². The largest absolute Gasteiger partial charge is 0.382 e. The van der Waals surface area contributed by atoms with Gasteiger partial charge in [-0.2, -0.15) is 11.8 Å². The van der Waals surface area contributed by atoms with E-state index >= 15 is 0 Å². The minimum Gasteiger partial charge on any atom is -0.382 e. The van der Waals surface area contributed by atoms with Gasteiger partial charge in [-0.15, -0.1) is 0 Å². The number of aliphatic imine (C=N–C) groups is 1. The number of nitrogens with one attached hydrogen (secondary N) is 2. The zero-order valence-electron chi connectivity index (χ0n) is 16.3. The summed E-state index contributed by atoms with van der Waals surface area (Å²) in [5, 5.41) is 6.92. The summed E-state index contributed by atoms with van der Waals surface area (Å²) in [6.45, 7) is 11.2. The number of ether oxygens (including phenoxy) is 1. The first kappa shape index (κ1) is 20.8. The van der Waals surface area contributed by atoms with Gasteiger partial charge in [0.25, 0.3) is 0 Å². The Morgan fingerprint density at radius 1 is 1.12 bits per heavy atom. The third-order valence-corrected chi connectivity index (χ3v) is 6.25. The molecular weight excluding hydrogens is 332 g/mol. The van der Waals surface area contributed by atoms with Crippen LogP contribution in [-0.2, 0) is 4.74 Å². The first-order valence-corrected chi connectivity index (χ1v) is 11.4. The van der Waals surface area contributed by atoms with Crippen LogP contribution >= 0.6 is 11.8 Å². The summed E-state index contributed by atoms with van der Waals surface area (Å²) in [4.78, 5) is 7.73. The van der Waals surface area contributed by atoms with Gasteiger partial charge in [-0.1, -0.05) is 12.8 Å². The van der Waals surface area contributed by atoms with E-state index in [1.54, 1.807) is 0 Å². The van der Waals surface area contributed by atoms with Crippen molar-refractivity contribution in [2.24, 2.45) is 4.99 Å². The van der Waals surface area contributed by atoms with Crippen molar-refractivity contribution in [2.75, 3.05) is 57.4 Å². The van der Waals surface area contributed by atoms with Crippen molar-refractivity contribution >= 4 is 17.7 Å². The summed E-state index contributed by atoms with van der Waals surface area (Å²) in [7, 11) is 0. The predicted molar refractivity (Wildman–Crippen MR) is 110 cm³/mol. The molecule has 0 spiro atoms. The first-order chi connectivity index (χ1) is 12.3. The minimum atomic E-state index is 0.318. The van der Waals surface area contributed by atoms with Gasteiger partial charge in [0.15, 0.2) is 5.96 Å². The highest BCUT2D eigenvalue weighted by molar-refractivity contribution is 7.99. The van der Waals surface area contributed by atoms with Gasteiger partial charge in [0, 0.05) is 56.4 Å². The van der Waals surface area contributed by atoms with E-state index < -0.39 is 0 Å². The number of rotatable bonds is 10. The van der Waals surface area contributed by atoms with Crippen LogP contribution in [0.1, 0.15) is 52.4 Å². The molecule has 2 aliphatic rings. The molecule has 0 bridgehead atoms. The van der Waals surface area contributed by atoms with Crippen molar-refractivity contribution in [1.29, 1.82) is 0 Å². The summed E-state index contributed by atoms with van der Waals surface area (Å²) >= 11 is 2.10. The van der Waals surface area contributed by atoms with E-state index in [9.17, 15) is 0 Å². The second-order valence-corrected chi connectivity index (χ2v) is 8.28. The lowest BCUT2D eigenvalue weighted by molar-refractivity contribution is 0.112. The van der Waals surface area contributed by atoms with Crippen LogP contribution in [0.4, 0.5) is 0 Å². The molecule has 1 saturated carbocycles. The summed E-state index contributed by atoms with van der Waals surface area (Å²) in [5.41, 5.74) is 0.318. The van der Waals surface area contributed by atoms with Crippen molar-refractivity contribution in [1.82, 2.24) is 15.5 Å². The Balaban J connectivity index is 1.84. The zero-order chi connectivity index (χ0) is 17.8. The van der Waals surface area contributed by atoms with Crippen LogP contribution < -0.4 is 10.6 Å². The molecule has 1 heterocycles. The van der Waals surface area contributed by atoms with Gasteiger partial charge in [-0.3, -0.25) is 9.89 Å². The number of hydrogen-bond acceptors (Lipinski definition) is 4. The fourth-order valence-electron chi connectivity index (χ4n) is 3.89.